The van der Waals surface area contributed by atoms with E-state index in [4.69, 9.17) is 16.9 Å². The van der Waals surface area contributed by atoms with Crippen molar-refractivity contribution >= 4 is 33.4 Å². The van der Waals surface area contributed by atoms with Crippen LogP contribution in [0.2, 0.25) is 5.02 Å². The standard InChI is InChI=1S/C16H17ClN2O3S/c17-14-4-2-12(3-5-14)10-13(16(20)19-15-6-7-15)11-23(21,22)9-1-8-18/h2-5,10,15H,1,6-7,9,11H2,(H,19,20)/b13-10+. The molecular formula is C16H17ClN2O3S. The molecule has 2 rings (SSSR count). The maximum Gasteiger partial charge on any atom is 0.248 e. The van der Waals surface area contributed by atoms with Gasteiger partial charge in [0.25, 0.3) is 0 Å². The highest BCUT2D eigenvalue weighted by molar-refractivity contribution is 7.91. The Hall–Kier alpha value is -1.84. The zero-order valence-electron chi connectivity index (χ0n) is 12.5. The van der Waals surface area contributed by atoms with E-state index in [0.717, 1.165) is 12.8 Å². The van der Waals surface area contributed by atoms with Crippen molar-refractivity contribution in [3.63, 3.8) is 0 Å². The molecule has 0 spiro atoms. The van der Waals surface area contributed by atoms with Crippen LogP contribution in [0.15, 0.2) is 29.8 Å². The number of sulfone groups is 1. The first-order valence-electron chi connectivity index (χ1n) is 7.24. The molecule has 1 aliphatic rings. The lowest BCUT2D eigenvalue weighted by Gasteiger charge is -2.09. The molecule has 1 aliphatic carbocycles. The number of carbonyl (C=O) groups excluding carboxylic acids is 1. The van der Waals surface area contributed by atoms with Gasteiger partial charge in [0, 0.05) is 23.1 Å². The van der Waals surface area contributed by atoms with Gasteiger partial charge in [-0.1, -0.05) is 23.7 Å². The molecule has 122 valence electrons. The van der Waals surface area contributed by atoms with Crippen LogP contribution in [0.4, 0.5) is 0 Å². The summed E-state index contributed by atoms with van der Waals surface area (Å²) in [6.45, 7) is 0. The van der Waals surface area contributed by atoms with Crippen LogP contribution >= 0.6 is 11.6 Å². The minimum Gasteiger partial charge on any atom is -0.350 e. The normalized spacial score (nSPS) is 15.0. The van der Waals surface area contributed by atoms with E-state index in [1.54, 1.807) is 30.3 Å². The van der Waals surface area contributed by atoms with Gasteiger partial charge in [0.05, 0.1) is 17.6 Å². The molecule has 0 saturated heterocycles. The molecule has 0 unspecified atom stereocenters. The second kappa shape index (κ2) is 7.62. The number of nitrogens with zero attached hydrogens (tertiary/aromatic N) is 1. The Morgan fingerprint density at radius 3 is 2.57 bits per heavy atom. The Balaban J connectivity index is 2.21. The minimum atomic E-state index is -3.51. The molecule has 1 aromatic rings. The zero-order valence-corrected chi connectivity index (χ0v) is 14.0. The number of rotatable bonds is 7. The number of hydrogen-bond acceptors (Lipinski definition) is 4. The number of halogens is 1. The average Bonchev–Trinajstić information content (AvgIpc) is 3.30. The van der Waals surface area contributed by atoms with Gasteiger partial charge < -0.3 is 5.32 Å². The lowest BCUT2D eigenvalue weighted by atomic mass is 10.1. The molecule has 23 heavy (non-hydrogen) atoms. The van der Waals surface area contributed by atoms with Gasteiger partial charge in [0.15, 0.2) is 9.84 Å². The molecule has 1 amide bonds. The zero-order chi connectivity index (χ0) is 16.9. The number of benzene rings is 1. The molecule has 1 fully saturated rings. The van der Waals surface area contributed by atoms with Crippen molar-refractivity contribution in [1.29, 1.82) is 5.26 Å². The van der Waals surface area contributed by atoms with Crippen LogP contribution in [-0.4, -0.2) is 31.9 Å². The third kappa shape index (κ3) is 6.05. The first kappa shape index (κ1) is 17.5. The van der Waals surface area contributed by atoms with E-state index in [1.807, 2.05) is 6.07 Å². The van der Waals surface area contributed by atoms with Crippen LogP contribution in [0.25, 0.3) is 6.08 Å². The molecular weight excluding hydrogens is 336 g/mol. The summed E-state index contributed by atoms with van der Waals surface area (Å²) in [5, 5.41) is 11.9. The maximum absolute atomic E-state index is 12.3. The SMILES string of the molecule is N#CCCS(=O)(=O)C/C(=C\c1ccc(Cl)cc1)C(=O)NC1CC1. The number of hydrogen-bond donors (Lipinski definition) is 1. The average molecular weight is 353 g/mol. The fourth-order valence-electron chi connectivity index (χ4n) is 1.95. The number of nitrogens with one attached hydrogen (secondary N) is 1. The van der Waals surface area contributed by atoms with Crippen molar-refractivity contribution in [2.45, 2.75) is 25.3 Å². The van der Waals surface area contributed by atoms with Gasteiger partial charge in [-0.15, -0.1) is 0 Å². The Kier molecular flexibility index (Phi) is 5.80. The van der Waals surface area contributed by atoms with Crippen LogP contribution in [0.5, 0.6) is 0 Å². The van der Waals surface area contributed by atoms with Crippen molar-refractivity contribution < 1.29 is 13.2 Å². The van der Waals surface area contributed by atoms with Crippen molar-refractivity contribution in [2.75, 3.05) is 11.5 Å². The topological polar surface area (TPSA) is 87.0 Å². The smallest absolute Gasteiger partial charge is 0.248 e. The second-order valence-corrected chi connectivity index (χ2v) is 8.09. The molecule has 1 N–H and O–H groups in total. The van der Waals surface area contributed by atoms with Gasteiger partial charge >= 0.3 is 0 Å². The molecule has 1 saturated carbocycles. The summed E-state index contributed by atoms with van der Waals surface area (Å²) < 4.78 is 24.1. The van der Waals surface area contributed by atoms with Gasteiger partial charge in [0.2, 0.25) is 5.91 Å². The molecule has 0 heterocycles. The minimum absolute atomic E-state index is 0.0825. The van der Waals surface area contributed by atoms with Crippen molar-refractivity contribution in [2.24, 2.45) is 0 Å². The fraction of sp³-hybridized carbons (Fsp3) is 0.375. The molecule has 0 atom stereocenters. The lowest BCUT2D eigenvalue weighted by molar-refractivity contribution is -0.117. The predicted molar refractivity (Wildman–Crippen MR) is 89.5 cm³/mol. The van der Waals surface area contributed by atoms with E-state index in [0.29, 0.717) is 10.6 Å². The quantitative estimate of drug-likeness (QED) is 0.763. The summed E-state index contributed by atoms with van der Waals surface area (Å²) in [6, 6.07) is 8.73. The molecule has 0 aliphatic heterocycles. The maximum atomic E-state index is 12.3. The summed E-state index contributed by atoms with van der Waals surface area (Å²) >= 11 is 5.83. The highest BCUT2D eigenvalue weighted by Gasteiger charge is 2.26. The van der Waals surface area contributed by atoms with Crippen molar-refractivity contribution in [3.05, 3.63) is 40.4 Å². The number of amides is 1. The first-order chi connectivity index (χ1) is 10.9. The Labute approximate surface area is 140 Å². The predicted octanol–water partition coefficient (Wildman–Crippen LogP) is 2.33. The molecule has 0 bridgehead atoms. The third-order valence-electron chi connectivity index (χ3n) is 3.32. The Bertz CT molecular complexity index is 745. The molecule has 0 aromatic heterocycles. The first-order valence-corrected chi connectivity index (χ1v) is 9.44. The monoisotopic (exact) mass is 352 g/mol. The van der Waals surface area contributed by atoms with Crippen LogP contribution in [0, 0.1) is 11.3 Å². The highest BCUT2D eigenvalue weighted by Crippen LogP contribution is 2.20. The van der Waals surface area contributed by atoms with E-state index in [1.165, 1.54) is 0 Å². The second-order valence-electron chi connectivity index (χ2n) is 5.47. The molecule has 7 heteroatoms. The number of nitriles is 1. The van der Waals surface area contributed by atoms with Crippen molar-refractivity contribution in [1.82, 2.24) is 5.32 Å². The van der Waals surface area contributed by atoms with Gasteiger partial charge in [-0.3, -0.25) is 4.79 Å². The summed E-state index contributed by atoms with van der Waals surface area (Å²) in [5.41, 5.74) is 0.878. The van der Waals surface area contributed by atoms with Gasteiger partial charge in [-0.2, -0.15) is 5.26 Å². The lowest BCUT2D eigenvalue weighted by Crippen LogP contribution is -2.30. The van der Waals surface area contributed by atoms with E-state index >= 15 is 0 Å². The van der Waals surface area contributed by atoms with E-state index in [2.05, 4.69) is 5.32 Å². The molecule has 5 nitrogen and oxygen atoms in total. The summed E-state index contributed by atoms with van der Waals surface area (Å²) in [6.07, 6.45) is 3.31. The van der Waals surface area contributed by atoms with Crippen LogP contribution in [0.1, 0.15) is 24.8 Å². The third-order valence-corrected chi connectivity index (χ3v) is 5.14. The van der Waals surface area contributed by atoms with Gasteiger partial charge in [-0.25, -0.2) is 8.42 Å². The fourth-order valence-corrected chi connectivity index (χ4v) is 3.31. The highest BCUT2D eigenvalue weighted by atomic mass is 35.5. The van der Waals surface area contributed by atoms with E-state index < -0.39 is 9.84 Å². The summed E-state index contributed by atoms with van der Waals surface area (Å²) in [4.78, 5) is 12.3. The summed E-state index contributed by atoms with van der Waals surface area (Å²) in [5.74, 6) is -1.00. The Morgan fingerprint density at radius 1 is 1.35 bits per heavy atom. The van der Waals surface area contributed by atoms with E-state index in [9.17, 15) is 13.2 Å². The molecule has 0 radical (unpaired) electrons. The summed E-state index contributed by atoms with van der Waals surface area (Å²) in [7, 11) is -3.51. The number of carbonyl (C=O) groups is 1. The Morgan fingerprint density at radius 2 is 2.00 bits per heavy atom. The largest absolute Gasteiger partial charge is 0.350 e. The van der Waals surface area contributed by atoms with Crippen LogP contribution in [0.3, 0.4) is 0 Å². The van der Waals surface area contributed by atoms with Crippen LogP contribution in [-0.2, 0) is 14.6 Å². The van der Waals surface area contributed by atoms with E-state index in [-0.39, 0.29) is 35.4 Å². The van der Waals surface area contributed by atoms with Gasteiger partial charge in [0.1, 0.15) is 0 Å². The van der Waals surface area contributed by atoms with Gasteiger partial charge in [-0.05, 0) is 36.6 Å². The molecule has 1 aromatic carbocycles. The van der Waals surface area contributed by atoms with Crippen LogP contribution < -0.4 is 5.32 Å². The van der Waals surface area contributed by atoms with Crippen molar-refractivity contribution in [3.8, 4) is 6.07 Å².